The molecule has 0 spiro atoms. The van der Waals surface area contributed by atoms with E-state index >= 15 is 0 Å². The Bertz CT molecular complexity index is 810. The Kier molecular flexibility index (Phi) is 3.70. The van der Waals surface area contributed by atoms with Crippen molar-refractivity contribution in [3.63, 3.8) is 0 Å². The summed E-state index contributed by atoms with van der Waals surface area (Å²) >= 11 is 0. The molecule has 1 fully saturated rings. The fraction of sp³-hybridized carbons (Fsp3) is 0.250. The molecule has 1 amide bonds. The first-order valence-corrected chi connectivity index (χ1v) is 6.96. The Morgan fingerprint density at radius 1 is 1.26 bits per heavy atom. The molecule has 0 bridgehead atoms. The van der Waals surface area contributed by atoms with Gasteiger partial charge in [-0.3, -0.25) is 10.2 Å². The van der Waals surface area contributed by atoms with Crippen LogP contribution in [0.4, 0.5) is 13.2 Å². The second kappa shape index (κ2) is 5.56. The average molecular weight is 319 g/mol. The van der Waals surface area contributed by atoms with Crippen LogP contribution in [-0.2, 0) is 4.79 Å². The van der Waals surface area contributed by atoms with Gasteiger partial charge in [0.25, 0.3) is 0 Å². The summed E-state index contributed by atoms with van der Waals surface area (Å²) in [4.78, 5) is 11.3. The molecule has 1 unspecified atom stereocenters. The summed E-state index contributed by atoms with van der Waals surface area (Å²) in [7, 11) is 0. The van der Waals surface area contributed by atoms with Gasteiger partial charge < -0.3 is 0 Å². The number of carbonyl (C=O) groups excluding carboxylic acids is 1. The van der Waals surface area contributed by atoms with Crippen LogP contribution in [0.3, 0.4) is 0 Å². The Morgan fingerprint density at radius 2 is 2.00 bits per heavy atom. The standard InChI is InChI=1S/C16H12F3N3O/c17-16(18,19)15(22-6-5-14(23)21-22)13-8-10(9-20)7-11-3-1-2-4-12(11)13/h1-4,7-8,15H,5-6H2,(H,21,23). The van der Waals surface area contributed by atoms with Gasteiger partial charge in [-0.15, -0.1) is 0 Å². The maximum absolute atomic E-state index is 13.7. The number of hydrazine groups is 1. The number of hydrogen-bond donors (Lipinski definition) is 1. The lowest BCUT2D eigenvalue weighted by molar-refractivity contribution is -0.190. The van der Waals surface area contributed by atoms with Gasteiger partial charge in [0.15, 0.2) is 6.04 Å². The van der Waals surface area contributed by atoms with Crippen LogP contribution in [0.1, 0.15) is 23.6 Å². The van der Waals surface area contributed by atoms with Gasteiger partial charge in [-0.05, 0) is 28.5 Å². The van der Waals surface area contributed by atoms with Crippen LogP contribution in [0.5, 0.6) is 0 Å². The maximum Gasteiger partial charge on any atom is 0.409 e. The van der Waals surface area contributed by atoms with Crippen LogP contribution in [0, 0.1) is 11.3 Å². The summed E-state index contributed by atoms with van der Waals surface area (Å²) in [6, 6.07) is 9.29. The van der Waals surface area contributed by atoms with Gasteiger partial charge in [-0.1, -0.05) is 24.3 Å². The van der Waals surface area contributed by atoms with Crippen LogP contribution in [-0.4, -0.2) is 23.6 Å². The summed E-state index contributed by atoms with van der Waals surface area (Å²) in [5.74, 6) is -0.444. The number of fused-ring (bicyclic) bond motifs is 1. The number of nitrogens with zero attached hydrogens (tertiary/aromatic N) is 2. The smallest absolute Gasteiger partial charge is 0.288 e. The molecule has 1 saturated heterocycles. The minimum Gasteiger partial charge on any atom is -0.288 e. The van der Waals surface area contributed by atoms with Gasteiger partial charge in [-0.25, -0.2) is 5.01 Å². The molecule has 2 aromatic rings. The third kappa shape index (κ3) is 2.85. The highest BCUT2D eigenvalue weighted by molar-refractivity contribution is 5.87. The summed E-state index contributed by atoms with van der Waals surface area (Å²) < 4.78 is 41.0. The van der Waals surface area contributed by atoms with Crippen molar-refractivity contribution >= 4 is 16.7 Å². The highest BCUT2D eigenvalue weighted by atomic mass is 19.4. The largest absolute Gasteiger partial charge is 0.409 e. The van der Waals surface area contributed by atoms with Crippen molar-refractivity contribution in [2.24, 2.45) is 0 Å². The van der Waals surface area contributed by atoms with Gasteiger partial charge in [-0.2, -0.15) is 18.4 Å². The Balaban J connectivity index is 2.21. The normalized spacial score (nSPS) is 17.0. The zero-order valence-electron chi connectivity index (χ0n) is 11.9. The van der Waals surface area contributed by atoms with Crippen molar-refractivity contribution in [1.82, 2.24) is 10.4 Å². The molecule has 1 aliphatic heterocycles. The monoisotopic (exact) mass is 319 g/mol. The van der Waals surface area contributed by atoms with E-state index in [0.29, 0.717) is 10.8 Å². The minimum absolute atomic E-state index is 0.0163. The van der Waals surface area contributed by atoms with Gasteiger partial charge >= 0.3 is 6.18 Å². The number of amides is 1. The number of alkyl halides is 3. The summed E-state index contributed by atoms with van der Waals surface area (Å²) in [5.41, 5.74) is 2.37. The molecule has 1 heterocycles. The van der Waals surface area contributed by atoms with E-state index in [4.69, 9.17) is 5.26 Å². The van der Waals surface area contributed by atoms with Gasteiger partial charge in [0, 0.05) is 13.0 Å². The first-order chi connectivity index (χ1) is 10.9. The summed E-state index contributed by atoms with van der Waals surface area (Å²) in [6.07, 6.45) is -4.57. The number of rotatable bonds is 2. The lowest BCUT2D eigenvalue weighted by Crippen LogP contribution is -2.43. The number of hydrogen-bond acceptors (Lipinski definition) is 3. The molecule has 0 radical (unpaired) electrons. The zero-order valence-corrected chi connectivity index (χ0v) is 11.9. The SMILES string of the molecule is N#Cc1cc(C(N2CCC(=O)N2)C(F)(F)F)c2ccccc2c1. The fourth-order valence-electron chi connectivity index (χ4n) is 2.84. The predicted octanol–water partition coefficient (Wildman–Crippen LogP) is 3.05. The van der Waals surface area contributed by atoms with E-state index in [1.807, 2.05) is 6.07 Å². The van der Waals surface area contributed by atoms with Crippen LogP contribution < -0.4 is 5.43 Å². The highest BCUT2D eigenvalue weighted by Crippen LogP contribution is 2.41. The topological polar surface area (TPSA) is 56.1 Å². The quantitative estimate of drug-likeness (QED) is 0.925. The third-order valence-corrected chi connectivity index (χ3v) is 3.79. The molecule has 0 aromatic heterocycles. The fourth-order valence-corrected chi connectivity index (χ4v) is 2.84. The van der Waals surface area contributed by atoms with E-state index in [1.54, 1.807) is 30.3 Å². The van der Waals surface area contributed by atoms with Gasteiger partial charge in [0.05, 0.1) is 11.6 Å². The molecule has 4 nitrogen and oxygen atoms in total. The number of nitriles is 1. The van der Waals surface area contributed by atoms with Crippen molar-refractivity contribution in [2.75, 3.05) is 6.54 Å². The minimum atomic E-state index is -4.59. The molecule has 7 heteroatoms. The molecule has 1 aliphatic rings. The maximum atomic E-state index is 13.7. The molecule has 0 aliphatic carbocycles. The molecule has 0 saturated carbocycles. The third-order valence-electron chi connectivity index (χ3n) is 3.79. The summed E-state index contributed by atoms with van der Waals surface area (Å²) in [5, 5.41) is 11.0. The van der Waals surface area contributed by atoms with E-state index in [2.05, 4.69) is 5.43 Å². The zero-order chi connectivity index (χ0) is 16.6. The van der Waals surface area contributed by atoms with E-state index in [1.165, 1.54) is 6.07 Å². The number of nitrogens with one attached hydrogen (secondary N) is 1. The van der Waals surface area contributed by atoms with Gasteiger partial charge in [0.2, 0.25) is 5.91 Å². The second-order valence-corrected chi connectivity index (χ2v) is 5.32. The molecule has 2 aromatic carbocycles. The van der Waals surface area contributed by atoms with E-state index in [9.17, 15) is 18.0 Å². The van der Waals surface area contributed by atoms with Crippen molar-refractivity contribution in [1.29, 1.82) is 5.26 Å². The van der Waals surface area contributed by atoms with Crippen molar-refractivity contribution < 1.29 is 18.0 Å². The molecule has 23 heavy (non-hydrogen) atoms. The first-order valence-electron chi connectivity index (χ1n) is 6.96. The second-order valence-electron chi connectivity index (χ2n) is 5.32. The molecule has 3 rings (SSSR count). The van der Waals surface area contributed by atoms with Crippen LogP contribution in [0.15, 0.2) is 36.4 Å². The lowest BCUT2D eigenvalue weighted by atomic mass is 9.95. The lowest BCUT2D eigenvalue weighted by Gasteiger charge is -2.30. The van der Waals surface area contributed by atoms with Crippen molar-refractivity contribution in [2.45, 2.75) is 18.6 Å². The van der Waals surface area contributed by atoms with Crippen LogP contribution in [0.2, 0.25) is 0 Å². The molecule has 1 N–H and O–H groups in total. The predicted molar refractivity (Wildman–Crippen MR) is 76.9 cm³/mol. The molecular weight excluding hydrogens is 307 g/mol. The number of carbonyl (C=O) groups is 1. The number of halogens is 3. The summed E-state index contributed by atoms with van der Waals surface area (Å²) in [6.45, 7) is -0.0336. The molecule has 1 atom stereocenters. The highest BCUT2D eigenvalue weighted by Gasteiger charge is 2.47. The Labute approximate surface area is 130 Å². The van der Waals surface area contributed by atoms with E-state index < -0.39 is 18.1 Å². The molecule has 118 valence electrons. The van der Waals surface area contributed by atoms with Crippen molar-refractivity contribution in [3.05, 3.63) is 47.5 Å². The Morgan fingerprint density at radius 3 is 2.61 bits per heavy atom. The van der Waals surface area contributed by atoms with Crippen LogP contribution in [0.25, 0.3) is 10.8 Å². The Hall–Kier alpha value is -2.59. The molecular formula is C16H12F3N3O. The van der Waals surface area contributed by atoms with E-state index in [-0.39, 0.29) is 24.1 Å². The van der Waals surface area contributed by atoms with E-state index in [0.717, 1.165) is 5.01 Å². The van der Waals surface area contributed by atoms with Gasteiger partial charge in [0.1, 0.15) is 0 Å². The average Bonchev–Trinajstić information content (AvgIpc) is 2.91. The van der Waals surface area contributed by atoms with Crippen molar-refractivity contribution in [3.8, 4) is 6.07 Å². The van der Waals surface area contributed by atoms with Crippen LogP contribution >= 0.6 is 0 Å². The number of benzene rings is 2. The first kappa shape index (κ1) is 15.3.